The van der Waals surface area contributed by atoms with Gasteiger partial charge in [-0.05, 0) is 122 Å². The van der Waals surface area contributed by atoms with E-state index < -0.39 is 23.9 Å². The van der Waals surface area contributed by atoms with Crippen LogP contribution in [0.15, 0.2) is 91.0 Å². The highest BCUT2D eigenvalue weighted by molar-refractivity contribution is 7.70. The highest BCUT2D eigenvalue weighted by Crippen LogP contribution is 2.53. The van der Waals surface area contributed by atoms with Crippen molar-refractivity contribution in [3.05, 3.63) is 91.0 Å². The van der Waals surface area contributed by atoms with Crippen molar-refractivity contribution in [1.29, 1.82) is 0 Å². The van der Waals surface area contributed by atoms with Crippen molar-refractivity contribution in [3.63, 3.8) is 0 Å². The van der Waals surface area contributed by atoms with Crippen LogP contribution in [0.2, 0.25) is 0 Å². The van der Waals surface area contributed by atoms with Gasteiger partial charge in [-0.3, -0.25) is 0 Å². The molecule has 0 radical (unpaired) electrons. The van der Waals surface area contributed by atoms with Crippen molar-refractivity contribution in [2.45, 2.75) is 46.0 Å². The monoisotopic (exact) mass is 781 g/mol. The minimum atomic E-state index is -2.16. The first-order chi connectivity index (χ1) is 24.3. The van der Waals surface area contributed by atoms with Gasteiger partial charge in [0.15, 0.2) is 17.2 Å². The first-order valence-corrected chi connectivity index (χ1v) is 21.3. The molecule has 3 aromatic rings. The predicted molar refractivity (Wildman–Crippen MR) is 198 cm³/mol. The standard InChI is InChI=1S/C21H24O6P2.C9H16O2.C6H5ClO2P.CH4/c22-28(26-20-7-3-1-4-8-20)24-14-18-12-17-11-16(18)13-19(17)15-25-29(23)27-21-9-5-2-6-10-21;10-4-8-2-6-1-7(8)3-9(6)5-11;7-10(8)9-6-4-2-1-3-5-6;/h1-10,16-19H,11-15H2;6-11H,1-5H2;1-5H;1H4/q+2;;+1;. The Morgan fingerprint density at radius 2 is 0.824 bits per heavy atom. The number of halogens is 1. The van der Waals surface area contributed by atoms with Crippen LogP contribution in [-0.4, -0.2) is 36.6 Å². The highest BCUT2D eigenvalue weighted by Gasteiger charge is 2.48. The van der Waals surface area contributed by atoms with Gasteiger partial charge in [0, 0.05) is 26.9 Å². The lowest BCUT2D eigenvalue weighted by Gasteiger charge is -2.24. The van der Waals surface area contributed by atoms with Gasteiger partial charge >= 0.3 is 23.9 Å². The van der Waals surface area contributed by atoms with Crippen LogP contribution in [0.1, 0.15) is 46.0 Å². The molecule has 0 aromatic heterocycles. The summed E-state index contributed by atoms with van der Waals surface area (Å²) in [7, 11) is -6.38. The van der Waals surface area contributed by atoms with Crippen LogP contribution in [0.3, 0.4) is 0 Å². The maximum absolute atomic E-state index is 12.0. The lowest BCUT2D eigenvalue weighted by molar-refractivity contribution is 0.122. The van der Waals surface area contributed by atoms with E-state index in [0.717, 1.165) is 43.9 Å². The van der Waals surface area contributed by atoms with Gasteiger partial charge in [0.1, 0.15) is 13.2 Å². The summed E-state index contributed by atoms with van der Waals surface area (Å²) in [4.78, 5) is 0. The van der Waals surface area contributed by atoms with E-state index in [4.69, 9.17) is 39.5 Å². The molecule has 11 unspecified atom stereocenters. The van der Waals surface area contributed by atoms with Crippen LogP contribution in [-0.2, 0) is 22.7 Å². The van der Waals surface area contributed by atoms with Gasteiger partial charge in [-0.2, -0.15) is 0 Å². The number of benzene rings is 3. The first-order valence-electron chi connectivity index (χ1n) is 17.0. The second kappa shape index (κ2) is 21.3. The number of hydrogen-bond donors (Lipinski definition) is 2. The molecule has 14 heteroatoms. The third kappa shape index (κ3) is 12.8. The Morgan fingerprint density at radius 3 is 1.12 bits per heavy atom. The molecule has 4 aliphatic carbocycles. The zero-order valence-electron chi connectivity index (χ0n) is 27.7. The molecule has 11 atom stereocenters. The smallest absolute Gasteiger partial charge is 0.396 e. The van der Waals surface area contributed by atoms with Gasteiger partial charge < -0.3 is 10.2 Å². The Kier molecular flexibility index (Phi) is 17.2. The van der Waals surface area contributed by atoms with Gasteiger partial charge in [-0.15, -0.1) is 9.05 Å². The third-order valence-corrected chi connectivity index (χ3v) is 12.3. The second-order valence-electron chi connectivity index (χ2n) is 13.3. The quantitative estimate of drug-likeness (QED) is 0.152. The molecule has 0 amide bonds. The van der Waals surface area contributed by atoms with Crippen molar-refractivity contribution in [1.82, 2.24) is 0 Å². The summed E-state index contributed by atoms with van der Waals surface area (Å²) in [5.74, 6) is 6.03. The number of hydrogen-bond acceptors (Lipinski definition) is 10. The molecule has 276 valence electrons. The number of para-hydroxylation sites is 3. The molecule has 0 heterocycles. The van der Waals surface area contributed by atoms with E-state index in [9.17, 15) is 13.7 Å². The van der Waals surface area contributed by atoms with E-state index in [-0.39, 0.29) is 7.43 Å². The number of aliphatic hydroxyl groups excluding tert-OH is 2. The van der Waals surface area contributed by atoms with E-state index >= 15 is 0 Å². The SMILES string of the molecule is C.O=[P+](Cl)Oc1ccccc1.O=[P+](OCC1CC2CC1CC2CO[P+](=O)Oc1ccccc1)Oc1ccccc1.OCC1CC2CC1CC2CO. The van der Waals surface area contributed by atoms with Crippen molar-refractivity contribution >= 4 is 35.1 Å². The lowest BCUT2D eigenvalue weighted by Crippen LogP contribution is -2.23. The summed E-state index contributed by atoms with van der Waals surface area (Å²) in [6, 6.07) is 26.9. The van der Waals surface area contributed by atoms with E-state index in [1.165, 1.54) is 6.42 Å². The molecule has 4 saturated carbocycles. The average Bonchev–Trinajstić information content (AvgIpc) is 3.93. The zero-order chi connectivity index (χ0) is 35.3. The molecule has 4 aliphatic rings. The van der Waals surface area contributed by atoms with Gasteiger partial charge in [0.2, 0.25) is 0 Å². The van der Waals surface area contributed by atoms with Crippen LogP contribution < -0.4 is 13.6 Å². The highest BCUT2D eigenvalue weighted by atomic mass is 35.7. The maximum atomic E-state index is 12.0. The second-order valence-corrected chi connectivity index (χ2v) is 16.5. The Labute approximate surface area is 308 Å². The van der Waals surface area contributed by atoms with Gasteiger partial charge in [0.25, 0.3) is 11.2 Å². The Bertz CT molecular complexity index is 1420. The summed E-state index contributed by atoms with van der Waals surface area (Å²) in [5, 5.41) is 18.0. The summed E-state index contributed by atoms with van der Waals surface area (Å²) in [6.45, 7) is 1.61. The summed E-state index contributed by atoms with van der Waals surface area (Å²) in [6.07, 6.45) is 6.73. The fourth-order valence-corrected chi connectivity index (χ4v) is 9.79. The molecule has 51 heavy (non-hydrogen) atoms. The van der Waals surface area contributed by atoms with Crippen LogP contribution in [0.25, 0.3) is 0 Å². The number of aliphatic hydroxyl groups is 2. The molecule has 7 rings (SSSR count). The van der Waals surface area contributed by atoms with E-state index in [0.29, 0.717) is 79.2 Å². The summed E-state index contributed by atoms with van der Waals surface area (Å²) < 4.78 is 60.6. The minimum Gasteiger partial charge on any atom is -0.396 e. The normalized spacial score (nSPS) is 27.5. The van der Waals surface area contributed by atoms with E-state index in [2.05, 4.69) is 4.52 Å². The largest absolute Gasteiger partial charge is 0.750 e. The van der Waals surface area contributed by atoms with Crippen molar-refractivity contribution < 1.29 is 46.5 Å². The zero-order valence-corrected chi connectivity index (χ0v) is 31.2. The minimum absolute atomic E-state index is 0. The van der Waals surface area contributed by atoms with Crippen molar-refractivity contribution in [2.75, 3.05) is 26.4 Å². The van der Waals surface area contributed by atoms with Crippen molar-refractivity contribution in [3.8, 4) is 17.2 Å². The molecule has 3 aromatic carbocycles. The Morgan fingerprint density at radius 1 is 0.510 bits per heavy atom. The fraction of sp³-hybridized carbons (Fsp3) is 0.514. The maximum Gasteiger partial charge on any atom is 0.750 e. The van der Waals surface area contributed by atoms with Gasteiger partial charge in [-0.1, -0.05) is 62.0 Å². The molecule has 2 N–H and O–H groups in total. The fourth-order valence-electron chi connectivity index (χ4n) is 7.95. The Balaban J connectivity index is 0.000000216. The van der Waals surface area contributed by atoms with E-state index in [1.54, 1.807) is 48.5 Å². The third-order valence-electron chi connectivity index (χ3n) is 10.3. The molecule has 0 aliphatic heterocycles. The molecular formula is C37H49ClO10P3+3. The van der Waals surface area contributed by atoms with Crippen LogP contribution in [0.4, 0.5) is 0 Å². The van der Waals surface area contributed by atoms with Crippen LogP contribution in [0.5, 0.6) is 17.2 Å². The molecule has 4 fully saturated rings. The van der Waals surface area contributed by atoms with Gasteiger partial charge in [0.05, 0.1) is 0 Å². The number of rotatable bonds is 14. The molecule has 4 bridgehead atoms. The van der Waals surface area contributed by atoms with Gasteiger partial charge in [-0.25, -0.2) is 13.6 Å². The average molecular weight is 782 g/mol. The lowest BCUT2D eigenvalue weighted by atomic mass is 9.83. The topological polar surface area (TPSA) is 138 Å². The molecular weight excluding hydrogens is 733 g/mol. The molecule has 10 nitrogen and oxygen atoms in total. The van der Waals surface area contributed by atoms with Crippen LogP contribution >= 0.6 is 35.1 Å². The van der Waals surface area contributed by atoms with Crippen LogP contribution in [0, 0.1) is 47.3 Å². The summed E-state index contributed by atoms with van der Waals surface area (Å²) >= 11 is 5.10. The first kappa shape index (κ1) is 41.2. The number of fused-ring (bicyclic) bond motifs is 4. The molecule has 0 spiro atoms. The summed E-state index contributed by atoms with van der Waals surface area (Å²) in [5.41, 5.74) is 0. The Hall–Kier alpha value is -2.51. The molecule has 0 saturated heterocycles. The van der Waals surface area contributed by atoms with Crippen molar-refractivity contribution in [2.24, 2.45) is 47.3 Å². The van der Waals surface area contributed by atoms with E-state index in [1.807, 2.05) is 42.5 Å². The predicted octanol–water partition coefficient (Wildman–Crippen LogP) is 10.4.